The van der Waals surface area contributed by atoms with Gasteiger partial charge in [-0.15, -0.1) is 0 Å². The number of rotatable bonds is 6. The highest BCUT2D eigenvalue weighted by Gasteiger charge is 2.05. The van der Waals surface area contributed by atoms with E-state index in [-0.39, 0.29) is 12.6 Å². The van der Waals surface area contributed by atoms with Crippen LogP contribution in [0.2, 0.25) is 0 Å². The van der Waals surface area contributed by atoms with Crippen molar-refractivity contribution in [1.82, 2.24) is 10.6 Å². The quantitative estimate of drug-likeness (QED) is 0.397. The maximum atomic E-state index is 11.4. The molecule has 0 fully saturated rings. The van der Waals surface area contributed by atoms with Gasteiger partial charge in [-0.2, -0.15) is 0 Å². The third-order valence-electron chi connectivity index (χ3n) is 1.67. The van der Waals surface area contributed by atoms with Crippen molar-refractivity contribution in [2.45, 2.75) is 20.8 Å². The van der Waals surface area contributed by atoms with Gasteiger partial charge in [-0.25, -0.2) is 4.79 Å². The van der Waals surface area contributed by atoms with Crippen LogP contribution >= 0.6 is 0 Å². The van der Waals surface area contributed by atoms with Gasteiger partial charge in [0.2, 0.25) is 0 Å². The Kier molecular flexibility index (Phi) is 6.67. The van der Waals surface area contributed by atoms with E-state index in [1.807, 2.05) is 6.92 Å². The zero-order valence-electron chi connectivity index (χ0n) is 9.92. The molecule has 0 rings (SSSR count). The number of nitrogens with one attached hydrogen (secondary N) is 2. The molecule has 0 radical (unpaired) electrons. The summed E-state index contributed by atoms with van der Waals surface area (Å²) in [5.41, 5.74) is 0.822. The fourth-order valence-electron chi connectivity index (χ4n) is 0.751. The van der Waals surface area contributed by atoms with Gasteiger partial charge in [0.05, 0.1) is 0 Å². The van der Waals surface area contributed by atoms with E-state index in [0.29, 0.717) is 11.1 Å². The Morgan fingerprint density at radius 3 is 2.50 bits per heavy atom. The molecular weight excluding hydrogens is 208 g/mol. The molecule has 0 aromatic heterocycles. The Balaban J connectivity index is 3.90. The van der Waals surface area contributed by atoms with Crippen LogP contribution in [-0.2, 0) is 14.3 Å². The van der Waals surface area contributed by atoms with Crippen LogP contribution in [0.25, 0.3) is 0 Å². The molecule has 2 N–H and O–H groups in total. The number of esters is 1. The van der Waals surface area contributed by atoms with Crippen molar-refractivity contribution in [3.63, 3.8) is 0 Å². The van der Waals surface area contributed by atoms with Gasteiger partial charge in [-0.05, 0) is 20.8 Å². The van der Waals surface area contributed by atoms with E-state index in [9.17, 15) is 9.59 Å². The highest BCUT2D eigenvalue weighted by Crippen LogP contribution is 1.92. The number of hydrogen-bond donors (Lipinski definition) is 2. The molecule has 5 nitrogen and oxygen atoms in total. The Hall–Kier alpha value is -1.78. The van der Waals surface area contributed by atoms with Crippen LogP contribution in [0.5, 0.6) is 0 Å². The number of ether oxygens (including phenoxy) is 1. The van der Waals surface area contributed by atoms with Crippen molar-refractivity contribution < 1.29 is 14.3 Å². The van der Waals surface area contributed by atoms with E-state index in [1.165, 1.54) is 0 Å². The Bertz CT molecular complexity index is 308. The number of hydrogen-bond acceptors (Lipinski definition) is 4. The third-order valence-corrected chi connectivity index (χ3v) is 1.67. The van der Waals surface area contributed by atoms with Gasteiger partial charge in [0.1, 0.15) is 0 Å². The molecule has 0 unspecified atom stereocenters. The van der Waals surface area contributed by atoms with Crippen LogP contribution in [-0.4, -0.2) is 25.2 Å². The van der Waals surface area contributed by atoms with E-state index in [2.05, 4.69) is 17.2 Å². The minimum atomic E-state index is -0.520. The van der Waals surface area contributed by atoms with Crippen LogP contribution in [0.3, 0.4) is 0 Å². The summed E-state index contributed by atoms with van der Waals surface area (Å²) >= 11 is 0. The normalized spacial score (nSPS) is 10.6. The van der Waals surface area contributed by atoms with Crippen LogP contribution < -0.4 is 10.6 Å². The van der Waals surface area contributed by atoms with Gasteiger partial charge < -0.3 is 15.4 Å². The molecule has 0 saturated carbocycles. The second-order valence-electron chi connectivity index (χ2n) is 3.25. The van der Waals surface area contributed by atoms with Crippen molar-refractivity contribution in [2.75, 3.05) is 13.3 Å². The molecular formula is C11H18N2O3. The summed E-state index contributed by atoms with van der Waals surface area (Å²) in [5.74, 6) is -0.802. The number of amides is 1. The Morgan fingerprint density at radius 1 is 1.38 bits per heavy atom. The molecule has 5 heteroatoms. The monoisotopic (exact) mass is 226 g/mol. The second kappa shape index (κ2) is 7.50. The fraction of sp³-hybridized carbons (Fsp3) is 0.455. The van der Waals surface area contributed by atoms with Gasteiger partial charge in [-0.3, -0.25) is 4.79 Å². The largest absolute Gasteiger partial charge is 0.441 e. The van der Waals surface area contributed by atoms with Crippen LogP contribution in [0, 0.1) is 0 Å². The van der Waals surface area contributed by atoms with E-state index in [1.54, 1.807) is 20.0 Å². The van der Waals surface area contributed by atoms with Gasteiger partial charge >= 0.3 is 5.97 Å². The molecule has 0 spiro atoms. The molecule has 1 amide bonds. The fourth-order valence-corrected chi connectivity index (χ4v) is 0.751. The van der Waals surface area contributed by atoms with Crippen molar-refractivity contribution in [3.05, 3.63) is 23.9 Å². The predicted molar refractivity (Wildman–Crippen MR) is 61.3 cm³/mol. The first-order chi connectivity index (χ1) is 7.49. The summed E-state index contributed by atoms with van der Waals surface area (Å²) in [7, 11) is 0. The topological polar surface area (TPSA) is 67.4 Å². The van der Waals surface area contributed by atoms with E-state index < -0.39 is 5.97 Å². The standard InChI is InChI=1S/C11H18N2O3/c1-5-12-6-9(4)10(14)13-7-16-11(15)8(2)3/h6,12H,2,5,7H2,1,3-4H3,(H,13,14)/b9-6-. The first-order valence-corrected chi connectivity index (χ1v) is 5.00. The minimum absolute atomic E-state index is 0.151. The summed E-state index contributed by atoms with van der Waals surface area (Å²) in [4.78, 5) is 22.3. The number of carbonyl (C=O) groups is 2. The first-order valence-electron chi connectivity index (χ1n) is 5.00. The molecule has 0 heterocycles. The summed E-state index contributed by atoms with van der Waals surface area (Å²) in [5, 5.41) is 5.35. The molecule has 0 aromatic rings. The lowest BCUT2D eigenvalue weighted by atomic mass is 10.3. The third kappa shape index (κ3) is 5.85. The zero-order chi connectivity index (χ0) is 12.6. The lowest BCUT2D eigenvalue weighted by molar-refractivity contribution is -0.140. The summed E-state index contributed by atoms with van der Waals surface area (Å²) in [6.45, 7) is 9.15. The summed E-state index contributed by atoms with van der Waals surface area (Å²) < 4.78 is 4.71. The average molecular weight is 226 g/mol. The van der Waals surface area contributed by atoms with Crippen molar-refractivity contribution in [1.29, 1.82) is 0 Å². The van der Waals surface area contributed by atoms with Gasteiger partial charge in [0.25, 0.3) is 5.91 Å². The highest BCUT2D eigenvalue weighted by atomic mass is 16.5. The van der Waals surface area contributed by atoms with E-state index in [0.717, 1.165) is 6.54 Å². The highest BCUT2D eigenvalue weighted by molar-refractivity contribution is 5.93. The molecule has 0 aromatic carbocycles. The van der Waals surface area contributed by atoms with Gasteiger partial charge in [0, 0.05) is 23.9 Å². The van der Waals surface area contributed by atoms with Crippen molar-refractivity contribution in [3.8, 4) is 0 Å². The molecule has 16 heavy (non-hydrogen) atoms. The lowest BCUT2D eigenvalue weighted by Crippen LogP contribution is -2.29. The zero-order valence-corrected chi connectivity index (χ0v) is 9.92. The SMILES string of the molecule is C=C(C)C(=O)OCNC(=O)/C(C)=C\NCC. The lowest BCUT2D eigenvalue weighted by Gasteiger charge is -2.06. The maximum Gasteiger partial charge on any atom is 0.334 e. The van der Waals surface area contributed by atoms with E-state index in [4.69, 9.17) is 4.74 Å². The summed E-state index contributed by atoms with van der Waals surface area (Å²) in [6.07, 6.45) is 1.61. The predicted octanol–water partition coefficient (Wildman–Crippen LogP) is 0.693. The Morgan fingerprint density at radius 2 is 2.00 bits per heavy atom. The molecule has 0 saturated heterocycles. The van der Waals surface area contributed by atoms with Gasteiger partial charge in [-0.1, -0.05) is 6.58 Å². The maximum absolute atomic E-state index is 11.4. The number of carbonyl (C=O) groups excluding carboxylic acids is 2. The molecule has 0 aliphatic heterocycles. The molecule has 0 bridgehead atoms. The second-order valence-corrected chi connectivity index (χ2v) is 3.25. The van der Waals surface area contributed by atoms with Crippen LogP contribution in [0.1, 0.15) is 20.8 Å². The van der Waals surface area contributed by atoms with E-state index >= 15 is 0 Å². The molecule has 0 aliphatic carbocycles. The molecule has 90 valence electrons. The van der Waals surface area contributed by atoms with Crippen molar-refractivity contribution >= 4 is 11.9 Å². The average Bonchev–Trinajstić information content (AvgIpc) is 2.25. The summed E-state index contributed by atoms with van der Waals surface area (Å²) in [6, 6.07) is 0. The van der Waals surface area contributed by atoms with Crippen molar-refractivity contribution in [2.24, 2.45) is 0 Å². The first kappa shape index (κ1) is 14.2. The van der Waals surface area contributed by atoms with Gasteiger partial charge in [0.15, 0.2) is 6.73 Å². The molecule has 0 atom stereocenters. The van der Waals surface area contributed by atoms with Crippen LogP contribution in [0.15, 0.2) is 23.9 Å². The Labute approximate surface area is 95.5 Å². The molecule has 0 aliphatic rings. The van der Waals surface area contributed by atoms with Crippen LogP contribution in [0.4, 0.5) is 0 Å². The minimum Gasteiger partial charge on any atom is -0.441 e. The smallest absolute Gasteiger partial charge is 0.334 e.